The van der Waals surface area contributed by atoms with E-state index in [9.17, 15) is 4.79 Å². The number of amides is 1. The number of rotatable bonds is 2. The summed E-state index contributed by atoms with van der Waals surface area (Å²) in [6.07, 6.45) is 1.59. The molecule has 0 N–H and O–H groups in total. The maximum Gasteiger partial charge on any atom is 0.279 e. The molecule has 6 heteroatoms. The van der Waals surface area contributed by atoms with E-state index in [2.05, 4.69) is 10.2 Å². The summed E-state index contributed by atoms with van der Waals surface area (Å²) < 4.78 is 10.6. The standard InChI is InChI=1S/C17H13N3O3/c1-20-13-5-3-2-4-12(13)16(17(20)21)19-18-9-11-6-7-14-15(8-11)23-10-22-14/h2-9H,10H2,1H3. The number of anilines is 1. The lowest BCUT2D eigenvalue weighted by Crippen LogP contribution is -2.25. The van der Waals surface area contributed by atoms with Crippen LogP contribution in [0.2, 0.25) is 0 Å². The van der Waals surface area contributed by atoms with E-state index in [1.54, 1.807) is 18.2 Å². The normalized spacial score (nSPS) is 17.3. The van der Waals surface area contributed by atoms with Crippen LogP contribution in [-0.4, -0.2) is 31.7 Å². The van der Waals surface area contributed by atoms with Gasteiger partial charge in [0, 0.05) is 12.6 Å². The van der Waals surface area contributed by atoms with Crippen molar-refractivity contribution in [3.8, 4) is 11.5 Å². The van der Waals surface area contributed by atoms with Crippen LogP contribution in [0.1, 0.15) is 11.1 Å². The van der Waals surface area contributed by atoms with Gasteiger partial charge >= 0.3 is 0 Å². The molecule has 114 valence electrons. The molecule has 1 amide bonds. The van der Waals surface area contributed by atoms with Crippen molar-refractivity contribution in [3.05, 3.63) is 53.6 Å². The topological polar surface area (TPSA) is 63.5 Å². The van der Waals surface area contributed by atoms with Crippen molar-refractivity contribution < 1.29 is 14.3 Å². The molecule has 2 heterocycles. The largest absolute Gasteiger partial charge is 0.454 e. The van der Waals surface area contributed by atoms with Gasteiger partial charge in [0.15, 0.2) is 17.2 Å². The maximum atomic E-state index is 12.2. The van der Waals surface area contributed by atoms with Crippen LogP contribution in [0.15, 0.2) is 52.7 Å². The van der Waals surface area contributed by atoms with Crippen LogP contribution in [0, 0.1) is 0 Å². The third-order valence-corrected chi connectivity index (χ3v) is 3.79. The van der Waals surface area contributed by atoms with E-state index in [0.29, 0.717) is 11.5 Å². The highest BCUT2D eigenvalue weighted by molar-refractivity contribution is 6.54. The predicted molar refractivity (Wildman–Crippen MR) is 86.5 cm³/mol. The van der Waals surface area contributed by atoms with Crippen LogP contribution in [-0.2, 0) is 4.79 Å². The van der Waals surface area contributed by atoms with Gasteiger partial charge in [0.2, 0.25) is 6.79 Å². The zero-order chi connectivity index (χ0) is 15.8. The van der Waals surface area contributed by atoms with Crippen LogP contribution >= 0.6 is 0 Å². The van der Waals surface area contributed by atoms with Gasteiger partial charge < -0.3 is 14.4 Å². The van der Waals surface area contributed by atoms with Gasteiger partial charge in [-0.05, 0) is 29.8 Å². The van der Waals surface area contributed by atoms with E-state index in [4.69, 9.17) is 9.47 Å². The number of likely N-dealkylation sites (N-methyl/N-ethyl adjacent to an activating group) is 1. The summed E-state index contributed by atoms with van der Waals surface area (Å²) in [6.45, 7) is 0.232. The van der Waals surface area contributed by atoms with Crippen molar-refractivity contribution in [1.29, 1.82) is 0 Å². The molecule has 0 aromatic heterocycles. The van der Waals surface area contributed by atoms with Crippen LogP contribution < -0.4 is 14.4 Å². The quantitative estimate of drug-likeness (QED) is 0.631. The van der Waals surface area contributed by atoms with Gasteiger partial charge in [0.25, 0.3) is 5.91 Å². The van der Waals surface area contributed by atoms with Crippen molar-refractivity contribution in [1.82, 2.24) is 0 Å². The van der Waals surface area contributed by atoms with Crippen molar-refractivity contribution in [2.75, 3.05) is 18.7 Å². The summed E-state index contributed by atoms with van der Waals surface area (Å²) in [4.78, 5) is 13.8. The Morgan fingerprint density at radius 1 is 1.13 bits per heavy atom. The molecule has 0 saturated heterocycles. The first-order valence-electron chi connectivity index (χ1n) is 7.12. The molecule has 0 bridgehead atoms. The van der Waals surface area contributed by atoms with Crippen molar-refractivity contribution >= 4 is 23.5 Å². The van der Waals surface area contributed by atoms with Crippen LogP contribution in [0.25, 0.3) is 0 Å². The minimum atomic E-state index is -0.158. The number of ether oxygens (including phenoxy) is 2. The monoisotopic (exact) mass is 307 g/mol. The Bertz CT molecular complexity index is 858. The van der Waals surface area contributed by atoms with Gasteiger partial charge in [-0.1, -0.05) is 18.2 Å². The Kier molecular flexibility index (Phi) is 3.08. The third kappa shape index (κ3) is 2.24. The van der Waals surface area contributed by atoms with Gasteiger partial charge in [-0.3, -0.25) is 4.79 Å². The van der Waals surface area contributed by atoms with E-state index >= 15 is 0 Å². The van der Waals surface area contributed by atoms with E-state index in [1.807, 2.05) is 42.5 Å². The number of carbonyl (C=O) groups is 1. The highest BCUT2D eigenvalue weighted by Gasteiger charge is 2.30. The van der Waals surface area contributed by atoms with Crippen LogP contribution in [0.5, 0.6) is 11.5 Å². The Morgan fingerprint density at radius 3 is 2.87 bits per heavy atom. The molecule has 23 heavy (non-hydrogen) atoms. The first-order valence-corrected chi connectivity index (χ1v) is 7.12. The van der Waals surface area contributed by atoms with Gasteiger partial charge in [-0.2, -0.15) is 5.10 Å². The minimum Gasteiger partial charge on any atom is -0.454 e. The van der Waals surface area contributed by atoms with Crippen LogP contribution in [0.4, 0.5) is 5.69 Å². The summed E-state index contributed by atoms with van der Waals surface area (Å²) in [6, 6.07) is 13.0. The SMILES string of the molecule is CN1C(=O)C(=NN=Cc2ccc3c(c2)OCO3)c2ccccc21. The molecule has 0 fully saturated rings. The number of fused-ring (bicyclic) bond motifs is 2. The molecule has 0 aliphatic carbocycles. The molecule has 0 atom stereocenters. The number of para-hydroxylation sites is 1. The molecule has 0 saturated carbocycles. The molecule has 2 aromatic carbocycles. The predicted octanol–water partition coefficient (Wildman–Crippen LogP) is 2.21. The average molecular weight is 307 g/mol. The highest BCUT2D eigenvalue weighted by atomic mass is 16.7. The molecule has 0 unspecified atom stereocenters. The van der Waals surface area contributed by atoms with Crippen molar-refractivity contribution in [3.63, 3.8) is 0 Å². The zero-order valence-electron chi connectivity index (χ0n) is 12.4. The summed E-state index contributed by atoms with van der Waals surface area (Å²) >= 11 is 0. The number of benzene rings is 2. The zero-order valence-corrected chi connectivity index (χ0v) is 12.4. The molecule has 6 nitrogen and oxygen atoms in total. The van der Waals surface area contributed by atoms with Gasteiger partial charge in [0.1, 0.15) is 0 Å². The van der Waals surface area contributed by atoms with Crippen molar-refractivity contribution in [2.45, 2.75) is 0 Å². The maximum absolute atomic E-state index is 12.2. The first kappa shape index (κ1) is 13.5. The Balaban J connectivity index is 1.63. The smallest absolute Gasteiger partial charge is 0.279 e. The molecule has 4 rings (SSSR count). The fourth-order valence-corrected chi connectivity index (χ4v) is 2.59. The van der Waals surface area contributed by atoms with E-state index in [-0.39, 0.29) is 12.7 Å². The first-order chi connectivity index (χ1) is 11.2. The lowest BCUT2D eigenvalue weighted by Gasteiger charge is -2.07. The second-order valence-electron chi connectivity index (χ2n) is 5.19. The Hall–Kier alpha value is -3.15. The number of nitrogens with zero attached hydrogens (tertiary/aromatic N) is 3. The number of hydrogen-bond donors (Lipinski definition) is 0. The summed E-state index contributed by atoms with van der Waals surface area (Å²) in [5.41, 5.74) is 2.81. The average Bonchev–Trinajstić information content (AvgIpc) is 3.13. The van der Waals surface area contributed by atoms with Gasteiger partial charge in [-0.15, -0.1) is 5.10 Å². The molecule has 2 aromatic rings. The third-order valence-electron chi connectivity index (χ3n) is 3.79. The summed E-state index contributed by atoms with van der Waals surface area (Å²) in [7, 11) is 1.73. The minimum absolute atomic E-state index is 0.158. The lowest BCUT2D eigenvalue weighted by molar-refractivity contribution is -0.111. The second-order valence-corrected chi connectivity index (χ2v) is 5.19. The molecule has 2 aliphatic rings. The Labute approximate surface area is 132 Å². The summed E-state index contributed by atoms with van der Waals surface area (Å²) in [5.74, 6) is 1.24. The Morgan fingerprint density at radius 2 is 1.96 bits per heavy atom. The molecule has 0 spiro atoms. The number of hydrogen-bond acceptors (Lipinski definition) is 5. The summed E-state index contributed by atoms with van der Waals surface area (Å²) in [5, 5.41) is 8.16. The van der Waals surface area contributed by atoms with E-state index in [0.717, 1.165) is 22.6 Å². The van der Waals surface area contributed by atoms with Gasteiger partial charge in [0.05, 0.1) is 11.9 Å². The fourth-order valence-electron chi connectivity index (χ4n) is 2.59. The fraction of sp³-hybridized carbons (Fsp3) is 0.118. The van der Waals surface area contributed by atoms with Gasteiger partial charge in [-0.25, -0.2) is 0 Å². The van der Waals surface area contributed by atoms with Crippen molar-refractivity contribution in [2.24, 2.45) is 10.2 Å². The second kappa shape index (κ2) is 5.24. The molecule has 2 aliphatic heterocycles. The van der Waals surface area contributed by atoms with Crippen LogP contribution in [0.3, 0.4) is 0 Å². The van der Waals surface area contributed by atoms with E-state index < -0.39 is 0 Å². The molecular weight excluding hydrogens is 294 g/mol. The molecular formula is C17H13N3O3. The number of carbonyl (C=O) groups excluding carboxylic acids is 1. The highest BCUT2D eigenvalue weighted by Crippen LogP contribution is 2.32. The lowest BCUT2D eigenvalue weighted by atomic mass is 10.1. The van der Waals surface area contributed by atoms with E-state index in [1.165, 1.54) is 0 Å². The molecule has 0 radical (unpaired) electrons.